The van der Waals surface area contributed by atoms with Crippen LogP contribution < -0.4 is 11.1 Å². The number of nitrogens with zero attached hydrogens (tertiary/aromatic N) is 2. The lowest BCUT2D eigenvalue weighted by atomic mass is 9.98. The van der Waals surface area contributed by atoms with E-state index in [-0.39, 0.29) is 11.8 Å². The third kappa shape index (κ3) is 3.45. The average molecular weight is 272 g/mol. The van der Waals surface area contributed by atoms with E-state index in [4.69, 9.17) is 5.73 Å². The van der Waals surface area contributed by atoms with Crippen molar-refractivity contribution in [1.29, 1.82) is 0 Å². The van der Waals surface area contributed by atoms with Crippen LogP contribution >= 0.6 is 0 Å². The molecule has 20 heavy (non-hydrogen) atoms. The Morgan fingerprint density at radius 1 is 1.40 bits per heavy atom. The number of benzene rings is 1. The van der Waals surface area contributed by atoms with Gasteiger partial charge in [-0.25, -0.2) is 4.98 Å². The van der Waals surface area contributed by atoms with E-state index in [9.17, 15) is 4.79 Å². The summed E-state index contributed by atoms with van der Waals surface area (Å²) in [5, 5.41) is 2.93. The number of hydrogen-bond donors (Lipinski definition) is 2. The van der Waals surface area contributed by atoms with E-state index in [1.807, 2.05) is 48.0 Å². The number of nitrogens with two attached hydrogens (primary N) is 1. The lowest BCUT2D eigenvalue weighted by Gasteiger charge is -2.15. The van der Waals surface area contributed by atoms with Crippen molar-refractivity contribution < 1.29 is 4.79 Å². The number of aryl methyl sites for hydroxylation is 1. The topological polar surface area (TPSA) is 72.9 Å². The Morgan fingerprint density at radius 2 is 2.15 bits per heavy atom. The second-order valence-electron chi connectivity index (χ2n) is 4.66. The van der Waals surface area contributed by atoms with Crippen molar-refractivity contribution in [1.82, 2.24) is 14.9 Å². The van der Waals surface area contributed by atoms with E-state index < -0.39 is 0 Å². The van der Waals surface area contributed by atoms with Gasteiger partial charge in [-0.3, -0.25) is 4.79 Å². The summed E-state index contributed by atoms with van der Waals surface area (Å²) in [6.45, 7) is 3.53. The third-order valence-corrected chi connectivity index (χ3v) is 3.33. The van der Waals surface area contributed by atoms with Crippen LogP contribution in [0.5, 0.6) is 0 Å². The Labute approximate surface area is 118 Å². The number of carbonyl (C=O) groups is 1. The Balaban J connectivity index is 1.89. The highest BCUT2D eigenvalue weighted by Gasteiger charge is 2.18. The van der Waals surface area contributed by atoms with Crippen LogP contribution in [0.1, 0.15) is 17.3 Å². The molecule has 0 aliphatic rings. The number of hydrogen-bond acceptors (Lipinski definition) is 3. The molecule has 0 saturated heterocycles. The van der Waals surface area contributed by atoms with Crippen molar-refractivity contribution in [2.45, 2.75) is 19.4 Å². The minimum absolute atomic E-state index is 0.0310. The van der Waals surface area contributed by atoms with Crippen LogP contribution in [0.2, 0.25) is 0 Å². The van der Waals surface area contributed by atoms with E-state index >= 15 is 0 Å². The molecule has 0 spiro atoms. The Morgan fingerprint density at radius 3 is 2.75 bits per heavy atom. The van der Waals surface area contributed by atoms with Crippen molar-refractivity contribution in [2.24, 2.45) is 5.73 Å². The van der Waals surface area contributed by atoms with Gasteiger partial charge in [0.25, 0.3) is 0 Å². The van der Waals surface area contributed by atoms with Gasteiger partial charge >= 0.3 is 0 Å². The van der Waals surface area contributed by atoms with Crippen LogP contribution in [-0.2, 0) is 11.3 Å². The standard InChI is InChI=1S/C15H20N4O/c1-12-17-7-9-19(12)10-8-18-15(20)14(11-16)13-5-3-2-4-6-13/h2-7,9,14H,8,10-11,16H2,1H3,(H,18,20). The van der Waals surface area contributed by atoms with E-state index in [1.165, 1.54) is 0 Å². The first-order valence-corrected chi connectivity index (χ1v) is 6.73. The van der Waals surface area contributed by atoms with Crippen LogP contribution in [0, 0.1) is 6.92 Å². The second kappa shape index (κ2) is 6.86. The highest BCUT2D eigenvalue weighted by atomic mass is 16.1. The van der Waals surface area contributed by atoms with Gasteiger partial charge in [0.15, 0.2) is 0 Å². The van der Waals surface area contributed by atoms with Gasteiger partial charge in [-0.05, 0) is 12.5 Å². The predicted molar refractivity (Wildman–Crippen MR) is 78.2 cm³/mol. The van der Waals surface area contributed by atoms with Crippen molar-refractivity contribution in [2.75, 3.05) is 13.1 Å². The van der Waals surface area contributed by atoms with Crippen molar-refractivity contribution in [3.05, 3.63) is 54.1 Å². The van der Waals surface area contributed by atoms with Gasteiger partial charge in [-0.2, -0.15) is 0 Å². The third-order valence-electron chi connectivity index (χ3n) is 3.33. The summed E-state index contributed by atoms with van der Waals surface area (Å²) < 4.78 is 2.00. The van der Waals surface area contributed by atoms with Gasteiger partial charge < -0.3 is 15.6 Å². The molecule has 2 aromatic rings. The first-order chi connectivity index (χ1) is 9.72. The van der Waals surface area contributed by atoms with E-state index in [0.717, 1.165) is 11.4 Å². The van der Waals surface area contributed by atoms with Gasteiger partial charge in [0, 0.05) is 32.0 Å². The molecule has 1 aromatic heterocycles. The number of aromatic nitrogens is 2. The molecule has 1 atom stereocenters. The van der Waals surface area contributed by atoms with Gasteiger partial charge in [0.2, 0.25) is 5.91 Å². The summed E-state index contributed by atoms with van der Waals surface area (Å²) in [5.41, 5.74) is 6.67. The summed E-state index contributed by atoms with van der Waals surface area (Å²) in [7, 11) is 0. The molecule has 3 N–H and O–H groups in total. The van der Waals surface area contributed by atoms with Crippen LogP contribution in [0.25, 0.3) is 0 Å². The zero-order valence-electron chi connectivity index (χ0n) is 11.6. The lowest BCUT2D eigenvalue weighted by molar-refractivity contribution is -0.122. The molecule has 0 saturated carbocycles. The fraction of sp³-hybridized carbons (Fsp3) is 0.333. The average Bonchev–Trinajstić information content (AvgIpc) is 2.86. The lowest BCUT2D eigenvalue weighted by Crippen LogP contribution is -2.35. The summed E-state index contributed by atoms with van der Waals surface area (Å²) in [4.78, 5) is 16.3. The van der Waals surface area contributed by atoms with Crippen LogP contribution in [-0.4, -0.2) is 28.5 Å². The molecule has 0 fully saturated rings. The molecule has 1 aromatic carbocycles. The highest BCUT2D eigenvalue weighted by Crippen LogP contribution is 2.13. The van der Waals surface area contributed by atoms with Crippen molar-refractivity contribution >= 4 is 5.91 Å². The largest absolute Gasteiger partial charge is 0.354 e. The van der Waals surface area contributed by atoms with E-state index in [2.05, 4.69) is 10.3 Å². The maximum absolute atomic E-state index is 12.2. The van der Waals surface area contributed by atoms with Crippen LogP contribution in [0.15, 0.2) is 42.7 Å². The maximum atomic E-state index is 12.2. The summed E-state index contributed by atoms with van der Waals surface area (Å²) in [5.74, 6) is 0.620. The molecule has 2 rings (SSSR count). The molecule has 106 valence electrons. The molecular weight excluding hydrogens is 252 g/mol. The van der Waals surface area contributed by atoms with E-state index in [0.29, 0.717) is 19.6 Å². The zero-order chi connectivity index (χ0) is 14.4. The number of nitrogens with one attached hydrogen (secondary N) is 1. The molecular formula is C15H20N4O. The van der Waals surface area contributed by atoms with Crippen LogP contribution in [0.3, 0.4) is 0 Å². The summed E-state index contributed by atoms with van der Waals surface area (Å²) in [6.07, 6.45) is 3.66. The molecule has 5 nitrogen and oxygen atoms in total. The second-order valence-corrected chi connectivity index (χ2v) is 4.66. The SMILES string of the molecule is Cc1nccn1CCNC(=O)C(CN)c1ccccc1. The first kappa shape index (κ1) is 14.3. The molecule has 5 heteroatoms. The van der Waals surface area contributed by atoms with Gasteiger partial charge in [-0.1, -0.05) is 30.3 Å². The molecule has 0 aliphatic heterocycles. The molecule has 0 bridgehead atoms. The van der Waals surface area contributed by atoms with Gasteiger partial charge in [0.05, 0.1) is 5.92 Å². The number of carbonyl (C=O) groups excluding carboxylic acids is 1. The summed E-state index contributed by atoms with van der Waals surface area (Å²) >= 11 is 0. The Hall–Kier alpha value is -2.14. The van der Waals surface area contributed by atoms with Crippen molar-refractivity contribution in [3.8, 4) is 0 Å². The Kier molecular flexibility index (Phi) is 4.90. The monoisotopic (exact) mass is 272 g/mol. The molecule has 1 heterocycles. The van der Waals surface area contributed by atoms with Crippen LogP contribution in [0.4, 0.5) is 0 Å². The van der Waals surface area contributed by atoms with Gasteiger partial charge in [0.1, 0.15) is 5.82 Å². The minimum Gasteiger partial charge on any atom is -0.354 e. The number of amides is 1. The molecule has 1 unspecified atom stereocenters. The normalized spacial score (nSPS) is 12.1. The Bertz CT molecular complexity index is 550. The maximum Gasteiger partial charge on any atom is 0.228 e. The fourth-order valence-electron chi connectivity index (χ4n) is 2.14. The summed E-state index contributed by atoms with van der Waals surface area (Å²) in [6, 6.07) is 9.62. The smallest absolute Gasteiger partial charge is 0.228 e. The molecule has 0 aliphatic carbocycles. The number of rotatable bonds is 6. The van der Waals surface area contributed by atoms with Crippen molar-refractivity contribution in [3.63, 3.8) is 0 Å². The van der Waals surface area contributed by atoms with E-state index in [1.54, 1.807) is 6.20 Å². The minimum atomic E-state index is -0.292. The zero-order valence-corrected chi connectivity index (χ0v) is 11.6. The predicted octanol–water partition coefficient (Wildman–Crippen LogP) is 1.05. The fourth-order valence-corrected chi connectivity index (χ4v) is 2.14. The molecule has 1 amide bonds. The number of imidazole rings is 1. The highest BCUT2D eigenvalue weighted by molar-refractivity contribution is 5.83. The first-order valence-electron chi connectivity index (χ1n) is 6.73. The van der Waals surface area contributed by atoms with Gasteiger partial charge in [-0.15, -0.1) is 0 Å². The molecule has 0 radical (unpaired) electrons. The quantitative estimate of drug-likeness (QED) is 0.825.